The molecule has 0 aliphatic rings. The van der Waals surface area contributed by atoms with Crippen molar-refractivity contribution in [3.63, 3.8) is 0 Å². The highest BCUT2D eigenvalue weighted by Gasteiger charge is 2.10. The van der Waals surface area contributed by atoms with Crippen molar-refractivity contribution in [2.45, 2.75) is 33.6 Å². The van der Waals surface area contributed by atoms with Gasteiger partial charge in [0.15, 0.2) is 0 Å². The minimum Gasteiger partial charge on any atom is -0.494 e. The van der Waals surface area contributed by atoms with E-state index < -0.39 is 0 Å². The van der Waals surface area contributed by atoms with Gasteiger partial charge in [-0.15, -0.1) is 0 Å². The molecule has 27 heavy (non-hydrogen) atoms. The SMILES string of the molecule is CCOc1ccc(Nc2ccnc(Nc3c(C)cccc3C(C)C)n2)cc1. The van der Waals surface area contributed by atoms with Gasteiger partial charge in [0.1, 0.15) is 11.6 Å². The van der Waals surface area contributed by atoms with Crippen LogP contribution in [0.4, 0.5) is 23.1 Å². The Balaban J connectivity index is 1.78. The topological polar surface area (TPSA) is 59.1 Å². The number of aromatic nitrogens is 2. The molecule has 2 aromatic carbocycles. The van der Waals surface area contributed by atoms with Crippen molar-refractivity contribution in [2.75, 3.05) is 17.2 Å². The Bertz CT molecular complexity index is 891. The molecule has 0 bridgehead atoms. The van der Waals surface area contributed by atoms with Crippen LogP contribution < -0.4 is 15.4 Å². The summed E-state index contributed by atoms with van der Waals surface area (Å²) >= 11 is 0. The molecule has 3 aromatic rings. The molecule has 0 radical (unpaired) electrons. The molecule has 3 rings (SSSR count). The van der Waals surface area contributed by atoms with Crippen molar-refractivity contribution in [1.29, 1.82) is 0 Å². The van der Waals surface area contributed by atoms with Gasteiger partial charge in [-0.05, 0) is 61.2 Å². The lowest BCUT2D eigenvalue weighted by molar-refractivity contribution is 0.340. The van der Waals surface area contributed by atoms with Crippen molar-refractivity contribution in [3.05, 3.63) is 65.9 Å². The summed E-state index contributed by atoms with van der Waals surface area (Å²) in [7, 11) is 0. The molecule has 0 aliphatic carbocycles. The predicted octanol–water partition coefficient (Wildman–Crippen LogP) is 5.79. The molecular formula is C22H26N4O. The zero-order valence-electron chi connectivity index (χ0n) is 16.3. The molecule has 5 heteroatoms. The number of aryl methyl sites for hydroxylation is 1. The molecule has 0 aliphatic heterocycles. The van der Waals surface area contributed by atoms with Crippen LogP contribution in [0, 0.1) is 6.92 Å². The summed E-state index contributed by atoms with van der Waals surface area (Å²) < 4.78 is 5.47. The van der Waals surface area contributed by atoms with Gasteiger partial charge in [0, 0.05) is 17.6 Å². The first kappa shape index (κ1) is 18.7. The first-order valence-corrected chi connectivity index (χ1v) is 9.26. The summed E-state index contributed by atoms with van der Waals surface area (Å²) in [4.78, 5) is 8.97. The smallest absolute Gasteiger partial charge is 0.229 e. The van der Waals surface area contributed by atoms with Crippen LogP contribution in [0.3, 0.4) is 0 Å². The third kappa shape index (κ3) is 4.76. The molecule has 1 aromatic heterocycles. The lowest BCUT2D eigenvalue weighted by Gasteiger charge is -2.16. The van der Waals surface area contributed by atoms with E-state index in [1.165, 1.54) is 11.1 Å². The highest BCUT2D eigenvalue weighted by atomic mass is 16.5. The summed E-state index contributed by atoms with van der Waals surface area (Å²) in [5.74, 6) is 2.57. The first-order chi connectivity index (χ1) is 13.1. The van der Waals surface area contributed by atoms with Gasteiger partial charge >= 0.3 is 0 Å². The van der Waals surface area contributed by atoms with E-state index in [0.29, 0.717) is 18.5 Å². The van der Waals surface area contributed by atoms with E-state index in [0.717, 1.165) is 22.9 Å². The Hall–Kier alpha value is -3.08. The number of para-hydroxylation sites is 1. The van der Waals surface area contributed by atoms with Gasteiger partial charge in [-0.1, -0.05) is 32.0 Å². The predicted molar refractivity (Wildman–Crippen MR) is 111 cm³/mol. The third-order valence-corrected chi connectivity index (χ3v) is 4.26. The van der Waals surface area contributed by atoms with Crippen LogP contribution in [0.1, 0.15) is 37.8 Å². The van der Waals surface area contributed by atoms with Crippen LogP contribution >= 0.6 is 0 Å². The van der Waals surface area contributed by atoms with E-state index in [1.54, 1.807) is 6.20 Å². The highest BCUT2D eigenvalue weighted by molar-refractivity contribution is 5.65. The van der Waals surface area contributed by atoms with Crippen molar-refractivity contribution < 1.29 is 4.74 Å². The molecule has 5 nitrogen and oxygen atoms in total. The lowest BCUT2D eigenvalue weighted by atomic mass is 9.98. The van der Waals surface area contributed by atoms with E-state index in [4.69, 9.17) is 4.74 Å². The van der Waals surface area contributed by atoms with Crippen LogP contribution in [0.15, 0.2) is 54.7 Å². The second kappa shape index (κ2) is 8.54. The van der Waals surface area contributed by atoms with E-state index in [9.17, 15) is 0 Å². The fourth-order valence-corrected chi connectivity index (χ4v) is 2.89. The van der Waals surface area contributed by atoms with Crippen LogP contribution in [-0.4, -0.2) is 16.6 Å². The molecule has 0 unspecified atom stereocenters. The summed E-state index contributed by atoms with van der Waals surface area (Å²) in [5.41, 5.74) is 4.45. The summed E-state index contributed by atoms with van der Waals surface area (Å²) in [6.45, 7) is 9.09. The third-order valence-electron chi connectivity index (χ3n) is 4.26. The average molecular weight is 362 g/mol. The lowest BCUT2D eigenvalue weighted by Crippen LogP contribution is -2.04. The average Bonchev–Trinajstić information content (AvgIpc) is 2.65. The second-order valence-electron chi connectivity index (χ2n) is 6.67. The monoisotopic (exact) mass is 362 g/mol. The number of anilines is 4. The number of rotatable bonds is 7. The first-order valence-electron chi connectivity index (χ1n) is 9.26. The number of hydrogen-bond acceptors (Lipinski definition) is 5. The van der Waals surface area contributed by atoms with Crippen molar-refractivity contribution >= 4 is 23.1 Å². The largest absolute Gasteiger partial charge is 0.494 e. The molecule has 0 atom stereocenters. The van der Waals surface area contributed by atoms with E-state index >= 15 is 0 Å². The quantitative estimate of drug-likeness (QED) is 0.557. The molecular weight excluding hydrogens is 336 g/mol. The molecule has 0 saturated heterocycles. The van der Waals surface area contributed by atoms with Crippen LogP contribution in [0.5, 0.6) is 5.75 Å². The van der Waals surface area contributed by atoms with Gasteiger partial charge < -0.3 is 15.4 Å². The van der Waals surface area contributed by atoms with Crippen LogP contribution in [0.25, 0.3) is 0 Å². The second-order valence-corrected chi connectivity index (χ2v) is 6.67. The van der Waals surface area contributed by atoms with Gasteiger partial charge in [0.2, 0.25) is 5.95 Å². The zero-order valence-corrected chi connectivity index (χ0v) is 16.3. The maximum atomic E-state index is 5.47. The normalized spacial score (nSPS) is 10.7. The van der Waals surface area contributed by atoms with Gasteiger partial charge in [0.25, 0.3) is 0 Å². The number of hydrogen-bond donors (Lipinski definition) is 2. The minimum atomic E-state index is 0.414. The molecule has 0 spiro atoms. The van der Waals surface area contributed by atoms with Gasteiger partial charge in [-0.2, -0.15) is 4.98 Å². The van der Waals surface area contributed by atoms with Gasteiger partial charge in [-0.3, -0.25) is 0 Å². The Morgan fingerprint density at radius 1 is 1.00 bits per heavy atom. The molecule has 1 heterocycles. The van der Waals surface area contributed by atoms with Crippen molar-refractivity contribution in [1.82, 2.24) is 9.97 Å². The Labute approximate surface area is 160 Å². The summed E-state index contributed by atoms with van der Waals surface area (Å²) in [6.07, 6.45) is 1.75. The molecule has 0 fully saturated rings. The Morgan fingerprint density at radius 3 is 2.48 bits per heavy atom. The van der Waals surface area contributed by atoms with Crippen molar-refractivity contribution in [2.24, 2.45) is 0 Å². The fourth-order valence-electron chi connectivity index (χ4n) is 2.89. The van der Waals surface area contributed by atoms with Crippen LogP contribution in [0.2, 0.25) is 0 Å². The number of ether oxygens (including phenoxy) is 1. The maximum absolute atomic E-state index is 5.47. The molecule has 0 amide bonds. The number of benzene rings is 2. The Morgan fingerprint density at radius 2 is 1.78 bits per heavy atom. The van der Waals surface area contributed by atoms with Crippen LogP contribution in [-0.2, 0) is 0 Å². The standard InChI is InChI=1S/C22H26N4O/c1-5-27-18-11-9-17(10-12-18)24-20-13-14-23-22(25-20)26-21-16(4)7-6-8-19(21)15(2)3/h6-15H,5H2,1-4H3,(H2,23,24,25,26). The number of nitrogens with one attached hydrogen (secondary N) is 2. The van der Waals surface area contributed by atoms with E-state index in [2.05, 4.69) is 59.6 Å². The minimum absolute atomic E-state index is 0.414. The maximum Gasteiger partial charge on any atom is 0.229 e. The number of nitrogens with zero attached hydrogens (tertiary/aromatic N) is 2. The fraction of sp³-hybridized carbons (Fsp3) is 0.273. The van der Waals surface area contributed by atoms with Gasteiger partial charge in [-0.25, -0.2) is 4.98 Å². The molecule has 0 saturated carbocycles. The zero-order chi connectivity index (χ0) is 19.2. The Kier molecular flexibility index (Phi) is 5.91. The molecule has 2 N–H and O–H groups in total. The van der Waals surface area contributed by atoms with E-state index in [1.807, 2.05) is 37.3 Å². The van der Waals surface area contributed by atoms with E-state index in [-0.39, 0.29) is 0 Å². The summed E-state index contributed by atoms with van der Waals surface area (Å²) in [5, 5.41) is 6.70. The highest BCUT2D eigenvalue weighted by Crippen LogP contribution is 2.29. The van der Waals surface area contributed by atoms with Crippen molar-refractivity contribution in [3.8, 4) is 5.75 Å². The van der Waals surface area contributed by atoms with Gasteiger partial charge in [0.05, 0.1) is 6.61 Å². The molecule has 140 valence electrons. The summed E-state index contributed by atoms with van der Waals surface area (Å²) in [6, 6.07) is 16.0.